The molecule has 0 aliphatic carbocycles. The summed E-state index contributed by atoms with van der Waals surface area (Å²) in [5.74, 6) is 1.90. The molecule has 0 aromatic carbocycles. The van der Waals surface area contributed by atoms with Crippen LogP contribution in [0.5, 0.6) is 0 Å². The van der Waals surface area contributed by atoms with Crippen molar-refractivity contribution in [1.29, 1.82) is 0 Å². The average molecular weight is 516 g/mol. The highest BCUT2D eigenvalue weighted by Gasteiger charge is 2.17. The zero-order valence-electron chi connectivity index (χ0n) is 17.9. The normalized spacial score (nSPS) is 20.8. The molecule has 2 aliphatic rings. The number of rotatable bonds is 7. The quantitative estimate of drug-likeness (QED) is 0.330. The first kappa shape index (κ1) is 24.1. The molecule has 2 aliphatic heterocycles. The Morgan fingerprint density at radius 3 is 2.72 bits per heavy atom. The molecule has 3 heterocycles. The maximum Gasteiger partial charge on any atom is 0.191 e. The number of aromatic nitrogens is 1. The Morgan fingerprint density at radius 2 is 2.03 bits per heavy atom. The third-order valence-electron chi connectivity index (χ3n) is 5.31. The first-order valence-corrected chi connectivity index (χ1v) is 10.8. The molecule has 1 unspecified atom stereocenters. The summed E-state index contributed by atoms with van der Waals surface area (Å²) in [5.41, 5.74) is 1.12. The van der Waals surface area contributed by atoms with Gasteiger partial charge >= 0.3 is 0 Å². The number of nitrogens with one attached hydrogen (secondary N) is 2. The number of halogens is 1. The standard InChI is InChI=1S/C21H36N6O.HI/c1-3-22-21(23-9-12-26-10-5-4-6-11-26)25-16-19-7-8-20(24-15-19)27-13-14-28-18(2)17-27;/h7-8,15,18H,3-6,9-14,16-17H2,1-2H3,(H2,22,23,25);1H. The summed E-state index contributed by atoms with van der Waals surface area (Å²) in [5, 5.41) is 6.80. The summed E-state index contributed by atoms with van der Waals surface area (Å²) in [6.07, 6.45) is 6.25. The summed E-state index contributed by atoms with van der Waals surface area (Å²) in [6.45, 7) is 12.7. The van der Waals surface area contributed by atoms with Crippen molar-refractivity contribution in [2.24, 2.45) is 4.99 Å². The number of likely N-dealkylation sites (tertiary alicyclic amines) is 1. The van der Waals surface area contributed by atoms with Gasteiger partial charge in [-0.05, 0) is 51.4 Å². The summed E-state index contributed by atoms with van der Waals surface area (Å²) in [4.78, 5) is 14.2. The van der Waals surface area contributed by atoms with E-state index < -0.39 is 0 Å². The van der Waals surface area contributed by atoms with Gasteiger partial charge in [0.15, 0.2) is 5.96 Å². The van der Waals surface area contributed by atoms with Crippen molar-refractivity contribution < 1.29 is 4.74 Å². The van der Waals surface area contributed by atoms with E-state index in [0.717, 1.165) is 56.7 Å². The van der Waals surface area contributed by atoms with E-state index in [1.165, 1.54) is 32.4 Å². The molecule has 29 heavy (non-hydrogen) atoms. The lowest BCUT2D eigenvalue weighted by Gasteiger charge is -2.32. The fourth-order valence-corrected chi connectivity index (χ4v) is 3.75. The van der Waals surface area contributed by atoms with E-state index in [1.807, 2.05) is 6.20 Å². The van der Waals surface area contributed by atoms with Crippen LogP contribution in [-0.4, -0.2) is 74.4 Å². The highest BCUT2D eigenvalue weighted by molar-refractivity contribution is 14.0. The van der Waals surface area contributed by atoms with Crippen molar-refractivity contribution in [3.63, 3.8) is 0 Å². The van der Waals surface area contributed by atoms with Crippen molar-refractivity contribution in [2.45, 2.75) is 45.8 Å². The van der Waals surface area contributed by atoms with Gasteiger partial charge in [0.2, 0.25) is 0 Å². The topological polar surface area (TPSA) is 65.0 Å². The molecule has 164 valence electrons. The van der Waals surface area contributed by atoms with Crippen LogP contribution in [0.4, 0.5) is 5.82 Å². The Kier molecular flexibility index (Phi) is 11.0. The molecule has 1 aromatic heterocycles. The number of hydrogen-bond acceptors (Lipinski definition) is 5. The highest BCUT2D eigenvalue weighted by Crippen LogP contribution is 2.15. The number of aliphatic imine (C=N–C) groups is 1. The number of pyridine rings is 1. The number of piperidine rings is 1. The summed E-state index contributed by atoms with van der Waals surface area (Å²) in [6, 6.07) is 4.23. The third-order valence-corrected chi connectivity index (χ3v) is 5.31. The lowest BCUT2D eigenvalue weighted by molar-refractivity contribution is 0.0529. The van der Waals surface area contributed by atoms with Crippen LogP contribution in [0, 0.1) is 0 Å². The number of ether oxygens (including phenoxy) is 1. The minimum Gasteiger partial charge on any atom is -0.375 e. The van der Waals surface area contributed by atoms with Crippen LogP contribution in [0.3, 0.4) is 0 Å². The second kappa shape index (κ2) is 13.2. The van der Waals surface area contributed by atoms with E-state index >= 15 is 0 Å². The fraction of sp³-hybridized carbons (Fsp3) is 0.714. The van der Waals surface area contributed by atoms with Crippen LogP contribution >= 0.6 is 24.0 Å². The molecule has 0 bridgehead atoms. The molecule has 0 amide bonds. The number of nitrogens with zero attached hydrogens (tertiary/aromatic N) is 4. The largest absolute Gasteiger partial charge is 0.375 e. The summed E-state index contributed by atoms with van der Waals surface area (Å²) < 4.78 is 5.61. The van der Waals surface area contributed by atoms with Crippen LogP contribution < -0.4 is 15.5 Å². The van der Waals surface area contributed by atoms with Crippen molar-refractivity contribution >= 4 is 35.8 Å². The molecule has 2 saturated heterocycles. The number of anilines is 1. The van der Waals surface area contributed by atoms with E-state index in [0.29, 0.717) is 6.54 Å². The van der Waals surface area contributed by atoms with Crippen LogP contribution in [0.2, 0.25) is 0 Å². The van der Waals surface area contributed by atoms with Gasteiger partial charge in [-0.2, -0.15) is 0 Å². The fourth-order valence-electron chi connectivity index (χ4n) is 3.75. The average Bonchev–Trinajstić information content (AvgIpc) is 2.73. The molecule has 1 atom stereocenters. The van der Waals surface area contributed by atoms with Gasteiger partial charge < -0.3 is 25.2 Å². The zero-order chi connectivity index (χ0) is 19.6. The number of guanidine groups is 1. The van der Waals surface area contributed by atoms with E-state index in [1.54, 1.807) is 0 Å². The third kappa shape index (κ3) is 8.25. The molecule has 0 spiro atoms. The van der Waals surface area contributed by atoms with Crippen molar-refractivity contribution in [1.82, 2.24) is 20.5 Å². The summed E-state index contributed by atoms with van der Waals surface area (Å²) >= 11 is 0. The predicted octanol–water partition coefficient (Wildman–Crippen LogP) is 2.47. The zero-order valence-corrected chi connectivity index (χ0v) is 20.2. The van der Waals surface area contributed by atoms with Gasteiger partial charge in [-0.1, -0.05) is 12.5 Å². The molecule has 7 nitrogen and oxygen atoms in total. The van der Waals surface area contributed by atoms with Gasteiger partial charge in [0.05, 0.1) is 19.3 Å². The lowest BCUT2D eigenvalue weighted by Crippen LogP contribution is -2.42. The Hall–Kier alpha value is -1.13. The minimum atomic E-state index is 0. The predicted molar refractivity (Wildman–Crippen MR) is 130 cm³/mol. The smallest absolute Gasteiger partial charge is 0.191 e. The maximum atomic E-state index is 5.61. The number of hydrogen-bond donors (Lipinski definition) is 2. The lowest BCUT2D eigenvalue weighted by atomic mass is 10.1. The van der Waals surface area contributed by atoms with E-state index in [-0.39, 0.29) is 30.1 Å². The molecule has 2 N–H and O–H groups in total. The van der Waals surface area contributed by atoms with Crippen LogP contribution in [0.1, 0.15) is 38.7 Å². The van der Waals surface area contributed by atoms with Gasteiger partial charge in [-0.25, -0.2) is 9.98 Å². The van der Waals surface area contributed by atoms with Crippen LogP contribution in [0.25, 0.3) is 0 Å². The first-order chi connectivity index (χ1) is 13.7. The Labute approximate surface area is 192 Å². The van der Waals surface area contributed by atoms with Crippen LogP contribution in [-0.2, 0) is 11.3 Å². The monoisotopic (exact) mass is 516 g/mol. The SMILES string of the molecule is CCNC(=NCc1ccc(N2CCOC(C)C2)nc1)NCCN1CCCCC1.I. The molecule has 2 fully saturated rings. The maximum absolute atomic E-state index is 5.61. The molecular weight excluding hydrogens is 479 g/mol. The molecule has 0 saturated carbocycles. The first-order valence-electron chi connectivity index (χ1n) is 10.8. The van der Waals surface area contributed by atoms with E-state index in [9.17, 15) is 0 Å². The second-order valence-electron chi connectivity index (χ2n) is 7.68. The van der Waals surface area contributed by atoms with Crippen molar-refractivity contribution in [2.75, 3.05) is 57.3 Å². The van der Waals surface area contributed by atoms with Gasteiger partial charge in [-0.3, -0.25) is 0 Å². The molecule has 3 rings (SSSR count). The van der Waals surface area contributed by atoms with Crippen molar-refractivity contribution in [3.05, 3.63) is 23.9 Å². The number of morpholine rings is 1. The molecular formula is C21H37IN6O. The van der Waals surface area contributed by atoms with Gasteiger partial charge in [0.25, 0.3) is 0 Å². The molecule has 1 aromatic rings. The van der Waals surface area contributed by atoms with E-state index in [2.05, 4.69) is 51.4 Å². The summed E-state index contributed by atoms with van der Waals surface area (Å²) in [7, 11) is 0. The highest BCUT2D eigenvalue weighted by atomic mass is 127. The van der Waals surface area contributed by atoms with Crippen LogP contribution in [0.15, 0.2) is 23.3 Å². The Balaban J connectivity index is 0.00000300. The molecule has 0 radical (unpaired) electrons. The Morgan fingerprint density at radius 1 is 1.21 bits per heavy atom. The van der Waals surface area contributed by atoms with Gasteiger partial charge in [0.1, 0.15) is 5.82 Å². The van der Waals surface area contributed by atoms with Crippen molar-refractivity contribution in [3.8, 4) is 0 Å². The molecule has 8 heteroatoms. The van der Waals surface area contributed by atoms with Gasteiger partial charge in [0, 0.05) is 38.9 Å². The second-order valence-corrected chi connectivity index (χ2v) is 7.68. The van der Waals surface area contributed by atoms with Gasteiger partial charge in [-0.15, -0.1) is 24.0 Å². The minimum absolute atomic E-state index is 0. The Bertz CT molecular complexity index is 606. The van der Waals surface area contributed by atoms with E-state index in [4.69, 9.17) is 9.73 Å².